The van der Waals surface area contributed by atoms with Crippen molar-refractivity contribution in [1.82, 2.24) is 10.9 Å². The number of benzene rings is 2. The van der Waals surface area contributed by atoms with Crippen LogP contribution < -0.4 is 15.6 Å². The number of fused-ring (bicyclic) bond motifs is 1. The first-order valence-electron chi connectivity index (χ1n) is 7.44. The van der Waals surface area contributed by atoms with Crippen molar-refractivity contribution in [3.05, 3.63) is 70.2 Å². The van der Waals surface area contributed by atoms with Gasteiger partial charge in [-0.25, -0.2) is 0 Å². The summed E-state index contributed by atoms with van der Waals surface area (Å²) in [5.74, 6) is 0.422. The van der Waals surface area contributed by atoms with E-state index in [0.29, 0.717) is 5.75 Å². The third-order valence-electron chi connectivity index (χ3n) is 3.57. The highest BCUT2D eigenvalue weighted by molar-refractivity contribution is 9.10. The van der Waals surface area contributed by atoms with Crippen LogP contribution in [0.2, 0.25) is 0 Å². The Balaban J connectivity index is 1.52. The Bertz CT molecular complexity index is 743. The predicted octanol–water partition coefficient (Wildman–Crippen LogP) is 3.44. The fourth-order valence-electron chi connectivity index (χ4n) is 2.48. The Kier molecular flexibility index (Phi) is 4.98. The summed E-state index contributed by atoms with van der Waals surface area (Å²) in [7, 11) is 0. The third kappa shape index (κ3) is 4.13. The van der Waals surface area contributed by atoms with Gasteiger partial charge in [-0.15, -0.1) is 0 Å². The van der Waals surface area contributed by atoms with Crippen molar-refractivity contribution in [2.24, 2.45) is 0 Å². The van der Waals surface area contributed by atoms with Crippen LogP contribution in [0.4, 0.5) is 0 Å². The average molecular weight is 373 g/mol. The summed E-state index contributed by atoms with van der Waals surface area (Å²) >= 11 is 3.37. The van der Waals surface area contributed by atoms with E-state index in [9.17, 15) is 4.79 Å². The second-order valence-corrected chi connectivity index (χ2v) is 6.15. The standard InChI is InChI=1S/C18H17BrN2O2/c19-14-7-4-8-15(11-14)23-12-18(22)21-20-17-10-3-6-13-5-1-2-9-16(13)17/h1-2,4-5,7-11,20H,3,6,12H2,(H,21,22). The zero-order valence-corrected chi connectivity index (χ0v) is 14.1. The maximum absolute atomic E-state index is 11.9. The Labute approximate surface area is 143 Å². The van der Waals surface area contributed by atoms with Crippen molar-refractivity contribution in [1.29, 1.82) is 0 Å². The van der Waals surface area contributed by atoms with Crippen LogP contribution in [0.25, 0.3) is 5.70 Å². The molecule has 3 rings (SSSR count). The van der Waals surface area contributed by atoms with E-state index < -0.39 is 0 Å². The Morgan fingerprint density at radius 1 is 1.17 bits per heavy atom. The fraction of sp³-hybridized carbons (Fsp3) is 0.167. The minimum absolute atomic E-state index is 0.0433. The van der Waals surface area contributed by atoms with E-state index in [2.05, 4.69) is 45.0 Å². The van der Waals surface area contributed by atoms with Crippen molar-refractivity contribution in [3.8, 4) is 5.75 Å². The first-order chi connectivity index (χ1) is 11.2. The molecule has 0 bridgehead atoms. The van der Waals surface area contributed by atoms with Crippen molar-refractivity contribution in [3.63, 3.8) is 0 Å². The molecule has 2 aromatic rings. The molecule has 2 N–H and O–H groups in total. The minimum Gasteiger partial charge on any atom is -0.484 e. The highest BCUT2D eigenvalue weighted by atomic mass is 79.9. The van der Waals surface area contributed by atoms with E-state index in [1.54, 1.807) is 0 Å². The number of nitrogens with one attached hydrogen (secondary N) is 2. The van der Waals surface area contributed by atoms with Crippen molar-refractivity contribution >= 4 is 27.5 Å². The van der Waals surface area contributed by atoms with Gasteiger partial charge in [0.15, 0.2) is 6.61 Å². The van der Waals surface area contributed by atoms with Gasteiger partial charge in [0.25, 0.3) is 5.91 Å². The number of amides is 1. The van der Waals surface area contributed by atoms with Crippen LogP contribution in [0.5, 0.6) is 5.75 Å². The van der Waals surface area contributed by atoms with Crippen LogP contribution in [0.15, 0.2) is 59.1 Å². The molecule has 0 saturated carbocycles. The maximum Gasteiger partial charge on any atom is 0.276 e. The molecule has 23 heavy (non-hydrogen) atoms. The quantitative estimate of drug-likeness (QED) is 0.790. The number of allylic oxidation sites excluding steroid dienone is 1. The van der Waals surface area contributed by atoms with Crippen LogP contribution in [0, 0.1) is 0 Å². The number of carbonyl (C=O) groups is 1. The number of ether oxygens (including phenoxy) is 1. The lowest BCUT2D eigenvalue weighted by Gasteiger charge is -2.19. The van der Waals surface area contributed by atoms with Crippen molar-refractivity contribution in [2.75, 3.05) is 6.61 Å². The van der Waals surface area contributed by atoms with Gasteiger partial charge in [-0.3, -0.25) is 15.6 Å². The Morgan fingerprint density at radius 3 is 2.91 bits per heavy atom. The van der Waals surface area contributed by atoms with E-state index in [1.807, 2.05) is 36.4 Å². The normalized spacial score (nSPS) is 12.8. The molecule has 1 aliphatic carbocycles. The summed E-state index contributed by atoms with van der Waals surface area (Å²) in [5.41, 5.74) is 9.04. The summed E-state index contributed by atoms with van der Waals surface area (Å²) in [5, 5.41) is 0. The lowest BCUT2D eigenvalue weighted by Crippen LogP contribution is -2.39. The highest BCUT2D eigenvalue weighted by Gasteiger charge is 2.12. The molecule has 0 heterocycles. The first kappa shape index (κ1) is 15.6. The van der Waals surface area contributed by atoms with E-state index in [1.165, 1.54) is 5.56 Å². The number of hydrogen-bond donors (Lipinski definition) is 2. The molecule has 0 radical (unpaired) electrons. The molecule has 0 atom stereocenters. The van der Waals surface area contributed by atoms with E-state index in [-0.39, 0.29) is 12.5 Å². The molecule has 0 unspecified atom stereocenters. The molecule has 0 spiro atoms. The number of aryl methyl sites for hydroxylation is 1. The summed E-state index contributed by atoms with van der Waals surface area (Å²) < 4.78 is 6.37. The SMILES string of the molecule is O=C(COc1cccc(Br)c1)NNC1=CCCc2ccccc21. The molecular formula is C18H17BrN2O2. The molecule has 0 fully saturated rings. The van der Waals surface area contributed by atoms with Gasteiger partial charge in [-0.1, -0.05) is 52.3 Å². The molecule has 0 aromatic heterocycles. The summed E-state index contributed by atoms with van der Waals surface area (Å²) in [6.07, 6.45) is 4.09. The van der Waals surface area contributed by atoms with Gasteiger partial charge >= 0.3 is 0 Å². The van der Waals surface area contributed by atoms with Crippen LogP contribution in [0.3, 0.4) is 0 Å². The number of carbonyl (C=O) groups excluding carboxylic acids is 1. The third-order valence-corrected chi connectivity index (χ3v) is 4.07. The molecular weight excluding hydrogens is 356 g/mol. The van der Waals surface area contributed by atoms with Crippen molar-refractivity contribution in [2.45, 2.75) is 12.8 Å². The highest BCUT2D eigenvalue weighted by Crippen LogP contribution is 2.23. The van der Waals surface area contributed by atoms with Crippen LogP contribution in [-0.2, 0) is 11.2 Å². The zero-order chi connectivity index (χ0) is 16.1. The predicted molar refractivity (Wildman–Crippen MR) is 93.7 cm³/mol. The summed E-state index contributed by atoms with van der Waals surface area (Å²) in [6, 6.07) is 15.6. The summed E-state index contributed by atoms with van der Waals surface area (Å²) in [6.45, 7) is -0.0433. The molecule has 1 aliphatic rings. The minimum atomic E-state index is -0.228. The number of halogens is 1. The lowest BCUT2D eigenvalue weighted by atomic mass is 9.95. The second-order valence-electron chi connectivity index (χ2n) is 5.23. The summed E-state index contributed by atoms with van der Waals surface area (Å²) in [4.78, 5) is 11.9. The molecule has 5 heteroatoms. The number of hydrazine groups is 1. The van der Waals surface area contributed by atoms with Gasteiger partial charge in [-0.05, 0) is 36.6 Å². The fourth-order valence-corrected chi connectivity index (χ4v) is 2.86. The van der Waals surface area contributed by atoms with E-state index >= 15 is 0 Å². The molecule has 4 nitrogen and oxygen atoms in total. The number of hydrogen-bond acceptors (Lipinski definition) is 3. The maximum atomic E-state index is 11.9. The van der Waals surface area contributed by atoms with Gasteiger partial charge in [0.1, 0.15) is 5.75 Å². The van der Waals surface area contributed by atoms with E-state index in [0.717, 1.165) is 28.6 Å². The van der Waals surface area contributed by atoms with Gasteiger partial charge in [0.2, 0.25) is 0 Å². The van der Waals surface area contributed by atoms with Gasteiger partial charge in [0.05, 0.1) is 5.70 Å². The second kappa shape index (κ2) is 7.33. The molecule has 2 aromatic carbocycles. The molecule has 0 aliphatic heterocycles. The Hall–Kier alpha value is -2.27. The van der Waals surface area contributed by atoms with Crippen molar-refractivity contribution < 1.29 is 9.53 Å². The molecule has 118 valence electrons. The van der Waals surface area contributed by atoms with Gasteiger partial charge in [-0.2, -0.15) is 0 Å². The van der Waals surface area contributed by atoms with E-state index in [4.69, 9.17) is 4.74 Å². The number of rotatable bonds is 5. The average Bonchev–Trinajstić information content (AvgIpc) is 2.58. The topological polar surface area (TPSA) is 50.4 Å². The Morgan fingerprint density at radius 2 is 2.04 bits per heavy atom. The van der Waals surface area contributed by atoms with Gasteiger partial charge in [0, 0.05) is 10.0 Å². The molecule has 1 amide bonds. The smallest absolute Gasteiger partial charge is 0.276 e. The first-order valence-corrected chi connectivity index (χ1v) is 8.23. The van der Waals surface area contributed by atoms with Crippen LogP contribution >= 0.6 is 15.9 Å². The zero-order valence-electron chi connectivity index (χ0n) is 12.5. The monoisotopic (exact) mass is 372 g/mol. The van der Waals surface area contributed by atoms with Crippen LogP contribution in [-0.4, -0.2) is 12.5 Å². The van der Waals surface area contributed by atoms with Crippen LogP contribution in [0.1, 0.15) is 17.5 Å². The largest absolute Gasteiger partial charge is 0.484 e. The molecule has 0 saturated heterocycles. The lowest BCUT2D eigenvalue weighted by molar-refractivity contribution is -0.123. The van der Waals surface area contributed by atoms with Gasteiger partial charge < -0.3 is 4.74 Å².